The normalized spacial score (nSPS) is 10.9. The van der Waals surface area contributed by atoms with Gasteiger partial charge in [-0.2, -0.15) is 0 Å². The molecule has 5 rings (SSSR count). The number of carbonyl (C=O) groups excluding carboxylic acids is 1. The number of carbonyl (C=O) groups is 2. The zero-order chi connectivity index (χ0) is 29.3. The Morgan fingerprint density at radius 3 is 2.24 bits per heavy atom. The predicted molar refractivity (Wildman–Crippen MR) is 162 cm³/mol. The van der Waals surface area contributed by atoms with Gasteiger partial charge >= 0.3 is 35.5 Å². The van der Waals surface area contributed by atoms with E-state index in [0.29, 0.717) is 32.8 Å². The Balaban J connectivity index is 0.00000405. The fraction of sp³-hybridized carbons (Fsp3) is 0.125. The molecular formula is C32H26ClF2N2NaO4. The zero-order valence-corrected chi connectivity index (χ0v) is 22.9. The van der Waals surface area contributed by atoms with E-state index in [2.05, 4.69) is 5.32 Å². The maximum atomic E-state index is 14.0. The number of ether oxygens (including phenoxy) is 1. The number of halogens is 3. The Hall–Kier alpha value is -3.69. The molecule has 1 amide bonds. The Morgan fingerprint density at radius 2 is 1.62 bits per heavy atom. The predicted octanol–water partition coefficient (Wildman–Crippen LogP) is 7.38. The average Bonchev–Trinajstić information content (AvgIpc) is 3.20. The van der Waals surface area contributed by atoms with Gasteiger partial charge in [-0.05, 0) is 85.1 Å². The van der Waals surface area contributed by atoms with Crippen LogP contribution < -0.4 is 10.1 Å². The molecule has 0 aliphatic rings. The fourth-order valence-corrected chi connectivity index (χ4v) is 4.94. The standard InChI is InChI=1S/C32H25ClF2N2O4.Na.H/c1-18(2)41-26-9-6-20(7-10-26)31(38)36-29-27-11-8-21(22-13-24(34)16-25(35)14-22)15-28(27)37(30(29)32(39)40)17-19-4-3-5-23(33)12-19;;/h3-16,18H,17H2,1-2H3,(H,36,38)(H,39,40);;. The second-order valence-corrected chi connectivity index (χ2v) is 10.2. The number of aromatic nitrogens is 1. The van der Waals surface area contributed by atoms with Crippen molar-refractivity contribution in [1.82, 2.24) is 4.57 Å². The van der Waals surface area contributed by atoms with Gasteiger partial charge in [0, 0.05) is 28.6 Å². The summed E-state index contributed by atoms with van der Waals surface area (Å²) >= 11 is 6.18. The van der Waals surface area contributed by atoms with Crippen molar-refractivity contribution in [2.24, 2.45) is 0 Å². The summed E-state index contributed by atoms with van der Waals surface area (Å²) in [5, 5.41) is 14.0. The van der Waals surface area contributed by atoms with Crippen LogP contribution >= 0.6 is 11.6 Å². The molecule has 10 heteroatoms. The van der Waals surface area contributed by atoms with Gasteiger partial charge in [-0.25, -0.2) is 13.6 Å². The number of amides is 1. The molecule has 42 heavy (non-hydrogen) atoms. The van der Waals surface area contributed by atoms with E-state index in [4.69, 9.17) is 16.3 Å². The molecule has 0 aliphatic heterocycles. The van der Waals surface area contributed by atoms with Crippen molar-refractivity contribution in [1.29, 1.82) is 0 Å². The van der Waals surface area contributed by atoms with Crippen LogP contribution in [0, 0.1) is 11.6 Å². The van der Waals surface area contributed by atoms with Crippen molar-refractivity contribution in [3.05, 3.63) is 118 Å². The first kappa shape index (κ1) is 31.3. The van der Waals surface area contributed by atoms with Gasteiger partial charge in [-0.3, -0.25) is 4.79 Å². The number of carboxylic acid groups (broad SMARTS) is 1. The molecule has 0 aliphatic carbocycles. The van der Waals surface area contributed by atoms with Gasteiger partial charge in [0.15, 0.2) is 5.69 Å². The molecular weight excluding hydrogens is 573 g/mol. The zero-order valence-electron chi connectivity index (χ0n) is 22.1. The number of hydrogen-bond acceptors (Lipinski definition) is 3. The van der Waals surface area contributed by atoms with Crippen molar-refractivity contribution < 1.29 is 28.2 Å². The van der Waals surface area contributed by atoms with Crippen LogP contribution in [0.4, 0.5) is 14.5 Å². The molecule has 2 N–H and O–H groups in total. The number of nitrogens with one attached hydrogen (secondary N) is 1. The van der Waals surface area contributed by atoms with Gasteiger partial charge in [0.25, 0.3) is 5.91 Å². The van der Waals surface area contributed by atoms with E-state index >= 15 is 0 Å². The van der Waals surface area contributed by atoms with E-state index in [1.54, 1.807) is 66.7 Å². The molecule has 0 spiro atoms. The average molecular weight is 599 g/mol. The molecule has 0 bridgehead atoms. The molecule has 0 radical (unpaired) electrons. The van der Waals surface area contributed by atoms with E-state index in [1.807, 2.05) is 13.8 Å². The number of rotatable bonds is 8. The molecule has 4 aromatic carbocycles. The van der Waals surface area contributed by atoms with Gasteiger partial charge in [0.05, 0.1) is 17.3 Å². The fourth-order valence-electron chi connectivity index (χ4n) is 4.72. The Bertz CT molecular complexity index is 1770. The van der Waals surface area contributed by atoms with E-state index in [9.17, 15) is 23.5 Å². The first-order valence-electron chi connectivity index (χ1n) is 12.8. The molecule has 0 atom stereocenters. The van der Waals surface area contributed by atoms with Crippen molar-refractivity contribution in [2.75, 3.05) is 5.32 Å². The monoisotopic (exact) mass is 598 g/mol. The molecule has 6 nitrogen and oxygen atoms in total. The first-order chi connectivity index (χ1) is 19.6. The Labute approximate surface area is 268 Å². The second-order valence-electron chi connectivity index (χ2n) is 9.78. The number of carboxylic acids is 1. The van der Waals surface area contributed by atoms with Gasteiger partial charge in [-0.15, -0.1) is 0 Å². The minimum atomic E-state index is -1.27. The van der Waals surface area contributed by atoms with Crippen LogP contribution in [0.25, 0.3) is 22.0 Å². The van der Waals surface area contributed by atoms with Crippen molar-refractivity contribution in [3.63, 3.8) is 0 Å². The van der Waals surface area contributed by atoms with Crippen LogP contribution in [0.15, 0.2) is 84.9 Å². The van der Waals surface area contributed by atoms with Crippen molar-refractivity contribution in [3.8, 4) is 16.9 Å². The van der Waals surface area contributed by atoms with Crippen LogP contribution in [-0.2, 0) is 6.54 Å². The number of anilines is 1. The maximum absolute atomic E-state index is 14.0. The van der Waals surface area contributed by atoms with Crippen LogP contribution in [0.3, 0.4) is 0 Å². The van der Waals surface area contributed by atoms with Gasteiger partial charge in [-0.1, -0.05) is 35.9 Å². The molecule has 0 saturated heterocycles. The third kappa shape index (κ3) is 6.85. The summed E-state index contributed by atoms with van der Waals surface area (Å²) in [7, 11) is 0. The van der Waals surface area contributed by atoms with E-state index in [1.165, 1.54) is 16.7 Å². The van der Waals surface area contributed by atoms with Crippen LogP contribution in [0.1, 0.15) is 40.3 Å². The minimum absolute atomic E-state index is 0. The van der Waals surface area contributed by atoms with Crippen molar-refractivity contribution >= 4 is 69.6 Å². The second kappa shape index (κ2) is 13.1. The van der Waals surface area contributed by atoms with E-state index < -0.39 is 23.5 Å². The van der Waals surface area contributed by atoms with Crippen LogP contribution in [-0.4, -0.2) is 57.2 Å². The molecule has 1 heterocycles. The SMILES string of the molecule is CC(C)Oc1ccc(C(=O)Nc2c(C(=O)O)n(Cc3cccc(Cl)c3)c3cc(-c4cc(F)cc(F)c4)ccc23)cc1.[NaH]. The third-order valence-corrected chi connectivity index (χ3v) is 6.65. The summed E-state index contributed by atoms with van der Waals surface area (Å²) in [6, 6.07) is 21.6. The van der Waals surface area contributed by atoms with Crippen LogP contribution in [0.5, 0.6) is 5.75 Å². The third-order valence-electron chi connectivity index (χ3n) is 6.42. The topological polar surface area (TPSA) is 80.6 Å². The number of hydrogen-bond donors (Lipinski definition) is 2. The summed E-state index contributed by atoms with van der Waals surface area (Å²) in [5.41, 5.74) is 2.16. The summed E-state index contributed by atoms with van der Waals surface area (Å²) in [5.74, 6) is -2.65. The molecule has 0 fully saturated rings. The molecule has 5 aromatic rings. The van der Waals surface area contributed by atoms with E-state index in [0.717, 1.165) is 11.6 Å². The molecule has 0 unspecified atom stereocenters. The van der Waals surface area contributed by atoms with Gasteiger partial charge < -0.3 is 19.7 Å². The summed E-state index contributed by atoms with van der Waals surface area (Å²) in [6.45, 7) is 3.89. The molecule has 1 aromatic heterocycles. The molecule has 210 valence electrons. The number of benzene rings is 4. The molecule has 0 saturated carbocycles. The Morgan fingerprint density at radius 1 is 0.929 bits per heavy atom. The number of aromatic carboxylic acids is 1. The van der Waals surface area contributed by atoms with Gasteiger partial charge in [0.1, 0.15) is 17.4 Å². The van der Waals surface area contributed by atoms with Gasteiger partial charge in [0.2, 0.25) is 0 Å². The summed E-state index contributed by atoms with van der Waals surface area (Å²) in [6.07, 6.45) is -0.0350. The quantitative estimate of drug-likeness (QED) is 0.183. The summed E-state index contributed by atoms with van der Waals surface area (Å²) < 4.78 is 35.2. The first-order valence-corrected chi connectivity index (χ1v) is 13.2. The number of nitrogens with zero attached hydrogens (tertiary/aromatic N) is 1. The van der Waals surface area contributed by atoms with E-state index in [-0.39, 0.29) is 59.2 Å². The number of fused-ring (bicyclic) bond motifs is 1. The Kier molecular flexibility index (Phi) is 9.74. The summed E-state index contributed by atoms with van der Waals surface area (Å²) in [4.78, 5) is 26.0. The van der Waals surface area contributed by atoms with Crippen molar-refractivity contribution in [2.45, 2.75) is 26.5 Å². The van der Waals surface area contributed by atoms with Crippen LogP contribution in [0.2, 0.25) is 5.02 Å².